The first-order valence-corrected chi connectivity index (χ1v) is 7.20. The molecule has 0 saturated heterocycles. The van der Waals surface area contributed by atoms with Crippen LogP contribution in [-0.2, 0) is 15.3 Å². The smallest absolute Gasteiger partial charge is 0.207 e. The van der Waals surface area contributed by atoms with E-state index in [0.717, 1.165) is 5.56 Å². The molecule has 0 aromatic heterocycles. The first kappa shape index (κ1) is 12.8. The molecule has 1 heterocycles. The van der Waals surface area contributed by atoms with Gasteiger partial charge in [-0.25, -0.2) is 8.42 Å². The largest absolute Gasteiger partial charge is 0.218 e. The van der Waals surface area contributed by atoms with Gasteiger partial charge in [0.1, 0.15) is 0 Å². The van der Waals surface area contributed by atoms with E-state index in [9.17, 15) is 8.42 Å². The summed E-state index contributed by atoms with van der Waals surface area (Å²) in [6.45, 7) is 11.4. The topological polar surface area (TPSA) is 34.1 Å². The maximum atomic E-state index is 12.5. The number of allylic oxidation sites excluding steroid dienone is 3. The highest BCUT2D eigenvalue weighted by atomic mass is 32.2. The number of rotatable bonds is 2. The monoisotopic (exact) mass is 260 g/mol. The van der Waals surface area contributed by atoms with Crippen molar-refractivity contribution in [2.45, 2.75) is 24.2 Å². The first-order chi connectivity index (χ1) is 8.37. The minimum Gasteiger partial charge on any atom is -0.218 e. The van der Waals surface area contributed by atoms with E-state index in [4.69, 9.17) is 0 Å². The van der Waals surface area contributed by atoms with Crippen LogP contribution in [0, 0.1) is 0 Å². The molecule has 3 heteroatoms. The third-order valence-corrected chi connectivity index (χ3v) is 5.37. The Hall–Kier alpha value is -1.61. The molecule has 0 atom stereocenters. The van der Waals surface area contributed by atoms with Crippen molar-refractivity contribution in [1.82, 2.24) is 0 Å². The summed E-state index contributed by atoms with van der Waals surface area (Å²) in [7, 11) is -3.47. The Balaban J connectivity index is 2.98. The predicted molar refractivity (Wildman–Crippen MR) is 74.1 cm³/mol. The van der Waals surface area contributed by atoms with Gasteiger partial charge >= 0.3 is 0 Å². The molecule has 1 aromatic carbocycles. The molecular formula is C15H16O2S. The molecule has 0 unspecified atom stereocenters. The molecule has 0 spiro atoms. The molecule has 0 amide bonds. The number of benzene rings is 1. The fourth-order valence-electron chi connectivity index (χ4n) is 2.51. The van der Waals surface area contributed by atoms with Gasteiger partial charge in [0.05, 0.1) is 9.80 Å². The molecule has 2 rings (SSSR count). The molecule has 1 aromatic rings. The average molecular weight is 260 g/mol. The summed E-state index contributed by atoms with van der Waals surface area (Å²) in [5, 5.41) is 0. The molecule has 0 N–H and O–H groups in total. The fraction of sp³-hybridized carbons (Fsp3) is 0.200. The zero-order chi connectivity index (χ0) is 13.6. The van der Waals surface area contributed by atoms with Crippen LogP contribution in [0.5, 0.6) is 0 Å². The Bertz CT molecular complexity index is 661. The third kappa shape index (κ3) is 1.51. The molecule has 0 aliphatic carbocycles. The molecule has 0 fully saturated rings. The summed E-state index contributed by atoms with van der Waals surface area (Å²) in [6, 6.07) is 7.10. The summed E-state index contributed by atoms with van der Waals surface area (Å²) >= 11 is 0. The highest BCUT2D eigenvalue weighted by Gasteiger charge is 2.39. The van der Waals surface area contributed by atoms with Crippen molar-refractivity contribution in [3.05, 3.63) is 65.6 Å². The van der Waals surface area contributed by atoms with Gasteiger partial charge in [0.15, 0.2) is 0 Å². The molecular weight excluding hydrogens is 244 g/mol. The minimum atomic E-state index is -3.47. The fourth-order valence-corrected chi connectivity index (χ4v) is 4.46. The van der Waals surface area contributed by atoms with E-state index in [2.05, 4.69) is 13.2 Å². The van der Waals surface area contributed by atoms with Crippen molar-refractivity contribution >= 4 is 9.84 Å². The third-order valence-electron chi connectivity index (χ3n) is 3.47. The SMILES string of the molecule is C=CC1=C(C=C)S(=O)(=O)c2ccccc2C1(C)C. The van der Waals surface area contributed by atoms with Gasteiger partial charge in [-0.05, 0) is 17.2 Å². The minimum absolute atomic E-state index is 0.265. The van der Waals surface area contributed by atoms with Crippen LogP contribution in [0.1, 0.15) is 19.4 Å². The van der Waals surface area contributed by atoms with Crippen molar-refractivity contribution in [2.75, 3.05) is 0 Å². The van der Waals surface area contributed by atoms with Gasteiger partial charge in [0, 0.05) is 5.41 Å². The summed E-state index contributed by atoms with van der Waals surface area (Å²) in [4.78, 5) is 0.636. The second-order valence-electron chi connectivity index (χ2n) is 4.81. The number of hydrogen-bond acceptors (Lipinski definition) is 2. The Kier molecular flexibility index (Phi) is 2.82. The normalized spacial score (nSPS) is 20.1. The van der Waals surface area contributed by atoms with Gasteiger partial charge < -0.3 is 0 Å². The molecule has 0 radical (unpaired) electrons. The van der Waals surface area contributed by atoms with E-state index < -0.39 is 9.84 Å². The zero-order valence-electron chi connectivity index (χ0n) is 10.6. The summed E-state index contributed by atoms with van der Waals surface area (Å²) in [6.07, 6.45) is 3.02. The van der Waals surface area contributed by atoms with Gasteiger partial charge in [-0.1, -0.05) is 57.4 Å². The van der Waals surface area contributed by atoms with Crippen LogP contribution in [0.3, 0.4) is 0 Å². The maximum Gasteiger partial charge on any atom is 0.207 e. The second-order valence-corrected chi connectivity index (χ2v) is 6.70. The maximum absolute atomic E-state index is 12.5. The van der Waals surface area contributed by atoms with Crippen LogP contribution in [0.15, 0.2) is 64.9 Å². The molecule has 1 aliphatic heterocycles. The van der Waals surface area contributed by atoms with E-state index in [1.54, 1.807) is 18.2 Å². The van der Waals surface area contributed by atoms with E-state index >= 15 is 0 Å². The lowest BCUT2D eigenvalue weighted by atomic mass is 9.77. The van der Waals surface area contributed by atoms with E-state index in [0.29, 0.717) is 10.5 Å². The van der Waals surface area contributed by atoms with Gasteiger partial charge in [-0.2, -0.15) is 0 Å². The quantitative estimate of drug-likeness (QED) is 0.817. The Labute approximate surface area is 108 Å². The van der Waals surface area contributed by atoms with Gasteiger partial charge in [-0.15, -0.1) is 0 Å². The van der Waals surface area contributed by atoms with Crippen LogP contribution in [0.4, 0.5) is 0 Å². The lowest BCUT2D eigenvalue weighted by molar-refractivity contribution is 0.574. The highest BCUT2D eigenvalue weighted by molar-refractivity contribution is 7.95. The molecule has 0 bridgehead atoms. The van der Waals surface area contributed by atoms with Crippen molar-refractivity contribution in [3.8, 4) is 0 Å². The highest BCUT2D eigenvalue weighted by Crippen LogP contribution is 2.45. The Morgan fingerprint density at radius 2 is 1.72 bits per heavy atom. The number of sulfone groups is 1. The predicted octanol–water partition coefficient (Wildman–Crippen LogP) is 3.38. The van der Waals surface area contributed by atoms with Gasteiger partial charge in [-0.3, -0.25) is 0 Å². The summed E-state index contributed by atoms with van der Waals surface area (Å²) in [5.74, 6) is 0. The van der Waals surface area contributed by atoms with Gasteiger partial charge in [0.25, 0.3) is 0 Å². The number of hydrogen-bond donors (Lipinski definition) is 0. The van der Waals surface area contributed by atoms with Crippen molar-refractivity contribution in [3.63, 3.8) is 0 Å². The molecule has 18 heavy (non-hydrogen) atoms. The van der Waals surface area contributed by atoms with E-state index in [1.807, 2.05) is 26.0 Å². The molecule has 2 nitrogen and oxygen atoms in total. The standard InChI is InChI=1S/C15H16O2S/c1-5-11-13(6-2)18(16,17)14-10-8-7-9-12(14)15(11,3)4/h5-10H,1-2H2,3-4H3. The lowest BCUT2D eigenvalue weighted by Crippen LogP contribution is -2.29. The van der Waals surface area contributed by atoms with Crippen molar-refractivity contribution in [2.24, 2.45) is 0 Å². The Morgan fingerprint density at radius 3 is 2.28 bits per heavy atom. The molecule has 0 saturated carbocycles. The van der Waals surface area contributed by atoms with Crippen LogP contribution < -0.4 is 0 Å². The summed E-state index contributed by atoms with van der Waals surface area (Å²) in [5.41, 5.74) is 1.13. The van der Waals surface area contributed by atoms with Crippen molar-refractivity contribution < 1.29 is 8.42 Å². The zero-order valence-corrected chi connectivity index (χ0v) is 11.4. The van der Waals surface area contributed by atoms with Gasteiger partial charge in [0.2, 0.25) is 9.84 Å². The van der Waals surface area contributed by atoms with E-state index in [1.165, 1.54) is 6.08 Å². The van der Waals surface area contributed by atoms with Crippen LogP contribution in [0.2, 0.25) is 0 Å². The number of fused-ring (bicyclic) bond motifs is 1. The van der Waals surface area contributed by atoms with Crippen LogP contribution >= 0.6 is 0 Å². The first-order valence-electron chi connectivity index (χ1n) is 5.71. The average Bonchev–Trinajstić information content (AvgIpc) is 2.34. The summed E-state index contributed by atoms with van der Waals surface area (Å²) < 4.78 is 25.0. The second kappa shape index (κ2) is 3.95. The molecule has 1 aliphatic rings. The van der Waals surface area contributed by atoms with Crippen molar-refractivity contribution in [1.29, 1.82) is 0 Å². The molecule has 94 valence electrons. The van der Waals surface area contributed by atoms with Crippen LogP contribution in [-0.4, -0.2) is 8.42 Å². The lowest BCUT2D eigenvalue weighted by Gasteiger charge is -2.34. The Morgan fingerprint density at radius 1 is 1.11 bits per heavy atom. The van der Waals surface area contributed by atoms with Crippen LogP contribution in [0.25, 0.3) is 0 Å². The van der Waals surface area contributed by atoms with E-state index in [-0.39, 0.29) is 10.3 Å².